The molecule has 3 heteroatoms. The summed E-state index contributed by atoms with van der Waals surface area (Å²) in [6.07, 6.45) is 22.1. The Bertz CT molecular complexity index is 263. The second kappa shape index (κ2) is 22.7. The highest BCUT2D eigenvalue weighted by molar-refractivity contribution is 4.80. The first-order valence-electron chi connectivity index (χ1n) is 11.3. The number of hydrogen-bond acceptors (Lipinski definition) is 3. The Morgan fingerprint density at radius 3 is 1.73 bits per heavy atom. The number of unbranched alkanes of at least 4 members (excludes halogenated alkanes) is 10. The molecule has 0 spiro atoms. The summed E-state index contributed by atoms with van der Waals surface area (Å²) in [4.78, 5) is 0. The second-order valence-electron chi connectivity index (χ2n) is 7.27. The van der Waals surface area contributed by atoms with Crippen molar-refractivity contribution < 1.29 is 14.6 Å². The van der Waals surface area contributed by atoms with Gasteiger partial charge in [-0.2, -0.15) is 0 Å². The summed E-state index contributed by atoms with van der Waals surface area (Å²) in [7, 11) is 0. The van der Waals surface area contributed by atoms with Gasteiger partial charge < -0.3 is 14.6 Å². The van der Waals surface area contributed by atoms with E-state index in [1.807, 2.05) is 0 Å². The molecule has 1 N–H and O–H groups in total. The van der Waals surface area contributed by atoms with Crippen molar-refractivity contribution in [2.45, 2.75) is 116 Å². The fourth-order valence-electron chi connectivity index (χ4n) is 2.94. The van der Waals surface area contributed by atoms with Gasteiger partial charge in [-0.05, 0) is 44.9 Å². The van der Waals surface area contributed by atoms with Gasteiger partial charge in [-0.1, -0.05) is 77.4 Å². The van der Waals surface area contributed by atoms with E-state index in [-0.39, 0.29) is 12.9 Å². The molecule has 3 nitrogen and oxygen atoms in total. The molecule has 0 atom stereocenters. The molecule has 0 bridgehead atoms. The van der Waals surface area contributed by atoms with Gasteiger partial charge in [0.15, 0.2) is 6.29 Å². The second-order valence-corrected chi connectivity index (χ2v) is 7.27. The number of rotatable bonds is 21. The summed E-state index contributed by atoms with van der Waals surface area (Å²) < 4.78 is 12.0. The minimum atomic E-state index is -0.0197. The van der Waals surface area contributed by atoms with Gasteiger partial charge in [0.25, 0.3) is 0 Å². The van der Waals surface area contributed by atoms with E-state index in [0.29, 0.717) is 0 Å². The van der Waals surface area contributed by atoms with Gasteiger partial charge in [0.2, 0.25) is 0 Å². The van der Waals surface area contributed by atoms with Gasteiger partial charge in [-0.3, -0.25) is 0 Å². The standard InChI is InChI=1S/C23H46O3/c1-3-5-7-13-17-21-25-23(26-22-18-14-8-6-4-2)19-15-11-9-10-12-16-20-24/h10,12,23-24H,3-9,11,13-22H2,1-2H3/b12-10-. The predicted octanol–water partition coefficient (Wildman–Crippen LogP) is 6.79. The van der Waals surface area contributed by atoms with Crippen LogP contribution in [0.2, 0.25) is 0 Å². The summed E-state index contributed by atoms with van der Waals surface area (Å²) in [6.45, 7) is 6.41. The van der Waals surface area contributed by atoms with E-state index in [1.54, 1.807) is 0 Å². The molecule has 0 unspecified atom stereocenters. The van der Waals surface area contributed by atoms with E-state index >= 15 is 0 Å². The number of aliphatic hydroxyl groups is 1. The first-order chi connectivity index (χ1) is 12.8. The zero-order valence-electron chi connectivity index (χ0n) is 17.7. The lowest BCUT2D eigenvalue weighted by Crippen LogP contribution is -2.19. The van der Waals surface area contributed by atoms with E-state index < -0.39 is 0 Å². The molecule has 0 aliphatic heterocycles. The fourth-order valence-corrected chi connectivity index (χ4v) is 2.94. The minimum Gasteiger partial charge on any atom is -0.396 e. The van der Waals surface area contributed by atoms with Crippen LogP contribution in [0.3, 0.4) is 0 Å². The summed E-state index contributed by atoms with van der Waals surface area (Å²) in [5, 5.41) is 8.76. The molecule has 0 amide bonds. The average Bonchev–Trinajstić information content (AvgIpc) is 2.65. The molecular formula is C23H46O3. The van der Waals surface area contributed by atoms with Crippen molar-refractivity contribution in [3.05, 3.63) is 12.2 Å². The molecule has 0 fully saturated rings. The van der Waals surface area contributed by atoms with Gasteiger partial charge >= 0.3 is 0 Å². The van der Waals surface area contributed by atoms with Crippen molar-refractivity contribution in [2.75, 3.05) is 19.8 Å². The first kappa shape index (κ1) is 25.6. The van der Waals surface area contributed by atoms with Crippen LogP contribution >= 0.6 is 0 Å². The summed E-state index contributed by atoms with van der Waals surface area (Å²) in [5.41, 5.74) is 0. The lowest BCUT2D eigenvalue weighted by Gasteiger charge is -2.19. The SMILES string of the molecule is CCCCCCCOC(CCCC/C=C\CCO)OCCCCCCC. The largest absolute Gasteiger partial charge is 0.396 e. The molecular weight excluding hydrogens is 324 g/mol. The number of ether oxygens (including phenoxy) is 2. The highest BCUT2D eigenvalue weighted by atomic mass is 16.7. The third kappa shape index (κ3) is 19.9. The van der Waals surface area contributed by atoms with Gasteiger partial charge in [0.1, 0.15) is 0 Å². The van der Waals surface area contributed by atoms with Crippen LogP contribution in [-0.2, 0) is 9.47 Å². The Hall–Kier alpha value is -0.380. The van der Waals surface area contributed by atoms with E-state index in [0.717, 1.165) is 58.2 Å². The quantitative estimate of drug-likeness (QED) is 0.137. The first-order valence-corrected chi connectivity index (χ1v) is 11.3. The zero-order chi connectivity index (χ0) is 19.1. The molecule has 0 saturated heterocycles. The van der Waals surface area contributed by atoms with E-state index in [2.05, 4.69) is 26.0 Å². The van der Waals surface area contributed by atoms with Crippen molar-refractivity contribution in [3.8, 4) is 0 Å². The molecule has 0 rings (SSSR count). The van der Waals surface area contributed by atoms with Crippen LogP contribution in [0.25, 0.3) is 0 Å². The number of hydrogen-bond donors (Lipinski definition) is 1. The Balaban J connectivity index is 3.83. The van der Waals surface area contributed by atoms with Crippen LogP contribution in [0.5, 0.6) is 0 Å². The third-order valence-corrected chi connectivity index (χ3v) is 4.63. The van der Waals surface area contributed by atoms with Crippen LogP contribution in [0.4, 0.5) is 0 Å². The van der Waals surface area contributed by atoms with Crippen LogP contribution < -0.4 is 0 Å². The molecule has 0 radical (unpaired) electrons. The number of allylic oxidation sites excluding steroid dienone is 1. The molecule has 0 heterocycles. The van der Waals surface area contributed by atoms with Crippen molar-refractivity contribution in [1.29, 1.82) is 0 Å². The molecule has 0 aromatic heterocycles. The molecule has 26 heavy (non-hydrogen) atoms. The Kier molecular flexibility index (Phi) is 22.3. The predicted molar refractivity (Wildman–Crippen MR) is 113 cm³/mol. The third-order valence-electron chi connectivity index (χ3n) is 4.63. The van der Waals surface area contributed by atoms with E-state index in [1.165, 1.54) is 51.4 Å². The van der Waals surface area contributed by atoms with Crippen molar-refractivity contribution in [2.24, 2.45) is 0 Å². The fraction of sp³-hybridized carbons (Fsp3) is 0.913. The number of aliphatic hydroxyl groups excluding tert-OH is 1. The van der Waals surface area contributed by atoms with Crippen LogP contribution in [0, 0.1) is 0 Å². The summed E-state index contributed by atoms with van der Waals surface area (Å²) >= 11 is 0. The minimum absolute atomic E-state index is 0.0197. The van der Waals surface area contributed by atoms with Gasteiger partial charge in [-0.15, -0.1) is 0 Å². The molecule has 0 aromatic carbocycles. The Morgan fingerprint density at radius 2 is 1.19 bits per heavy atom. The van der Waals surface area contributed by atoms with Crippen molar-refractivity contribution in [3.63, 3.8) is 0 Å². The maximum Gasteiger partial charge on any atom is 0.157 e. The van der Waals surface area contributed by atoms with Crippen molar-refractivity contribution in [1.82, 2.24) is 0 Å². The topological polar surface area (TPSA) is 38.7 Å². The van der Waals surface area contributed by atoms with Crippen LogP contribution in [0.15, 0.2) is 12.2 Å². The summed E-state index contributed by atoms with van der Waals surface area (Å²) in [5.74, 6) is 0. The lowest BCUT2D eigenvalue weighted by molar-refractivity contribution is -0.148. The monoisotopic (exact) mass is 370 g/mol. The van der Waals surface area contributed by atoms with Crippen molar-refractivity contribution >= 4 is 0 Å². The molecule has 0 aromatic rings. The van der Waals surface area contributed by atoms with E-state index in [9.17, 15) is 0 Å². The maximum atomic E-state index is 8.76. The molecule has 0 aliphatic rings. The highest BCUT2D eigenvalue weighted by Crippen LogP contribution is 2.12. The Labute approximate surface area is 163 Å². The highest BCUT2D eigenvalue weighted by Gasteiger charge is 2.09. The molecule has 0 saturated carbocycles. The smallest absolute Gasteiger partial charge is 0.157 e. The lowest BCUT2D eigenvalue weighted by atomic mass is 10.1. The molecule has 0 aliphatic carbocycles. The Morgan fingerprint density at radius 1 is 0.654 bits per heavy atom. The van der Waals surface area contributed by atoms with Crippen LogP contribution in [-0.4, -0.2) is 31.2 Å². The normalized spacial score (nSPS) is 11.8. The molecule has 156 valence electrons. The van der Waals surface area contributed by atoms with Gasteiger partial charge in [0.05, 0.1) is 0 Å². The van der Waals surface area contributed by atoms with Gasteiger partial charge in [-0.25, -0.2) is 0 Å². The zero-order valence-corrected chi connectivity index (χ0v) is 17.7. The van der Waals surface area contributed by atoms with Gasteiger partial charge in [0, 0.05) is 19.8 Å². The van der Waals surface area contributed by atoms with Crippen LogP contribution in [0.1, 0.15) is 110 Å². The average molecular weight is 371 g/mol. The summed E-state index contributed by atoms with van der Waals surface area (Å²) in [6, 6.07) is 0. The maximum absolute atomic E-state index is 8.76. The van der Waals surface area contributed by atoms with E-state index in [4.69, 9.17) is 14.6 Å².